The Morgan fingerprint density at radius 1 is 0.944 bits per heavy atom. The molecule has 2 heterocycles. The molecule has 3 aromatic carbocycles. The summed E-state index contributed by atoms with van der Waals surface area (Å²) in [4.78, 5) is 17.5. The van der Waals surface area contributed by atoms with Gasteiger partial charge in [0.1, 0.15) is 17.4 Å². The van der Waals surface area contributed by atoms with E-state index in [2.05, 4.69) is 5.10 Å². The molecule has 1 saturated heterocycles. The SMILES string of the molecule is COc1cccc(C2=NN(C(=O)CN3CCN(c4ccccc4F)CC3)[C@H](c3ccccc3F)C2)c1. The minimum absolute atomic E-state index is 0.158. The molecule has 2 aliphatic rings. The van der Waals surface area contributed by atoms with Gasteiger partial charge >= 0.3 is 0 Å². The molecule has 1 atom stereocenters. The van der Waals surface area contributed by atoms with Gasteiger partial charge < -0.3 is 9.64 Å². The first kappa shape index (κ1) is 23.9. The van der Waals surface area contributed by atoms with Crippen molar-refractivity contribution in [2.45, 2.75) is 12.5 Å². The van der Waals surface area contributed by atoms with E-state index in [0.29, 0.717) is 55.3 Å². The van der Waals surface area contributed by atoms with Crippen LogP contribution in [0.15, 0.2) is 77.9 Å². The van der Waals surface area contributed by atoms with E-state index >= 15 is 0 Å². The molecule has 0 unspecified atom stereocenters. The molecule has 0 spiro atoms. The zero-order valence-corrected chi connectivity index (χ0v) is 20.1. The molecule has 0 saturated carbocycles. The highest BCUT2D eigenvalue weighted by Gasteiger charge is 2.35. The zero-order valence-electron chi connectivity index (χ0n) is 20.1. The van der Waals surface area contributed by atoms with Crippen LogP contribution in [0.5, 0.6) is 5.75 Å². The predicted octanol–water partition coefficient (Wildman–Crippen LogP) is 4.47. The van der Waals surface area contributed by atoms with Gasteiger partial charge in [0, 0.05) is 43.7 Å². The van der Waals surface area contributed by atoms with Gasteiger partial charge in [-0.15, -0.1) is 0 Å². The molecule has 0 radical (unpaired) electrons. The third-order valence-electron chi connectivity index (χ3n) is 6.76. The number of amides is 1. The standard InChI is InChI=1S/C28H28F2N4O2/c1-36-21-8-6-7-20(17-21)25-18-27(22-9-2-3-10-23(22)29)34(31-25)28(35)19-32-13-15-33(16-14-32)26-12-5-4-11-24(26)30/h2-12,17,27H,13-16,18-19H2,1H3/t27-/m0/s1. The average molecular weight is 491 g/mol. The van der Waals surface area contributed by atoms with E-state index in [-0.39, 0.29) is 24.1 Å². The highest BCUT2D eigenvalue weighted by Crippen LogP contribution is 2.35. The summed E-state index contributed by atoms with van der Waals surface area (Å²) < 4.78 is 34.3. The van der Waals surface area contributed by atoms with E-state index in [9.17, 15) is 13.6 Å². The van der Waals surface area contributed by atoms with Crippen LogP contribution < -0.4 is 9.64 Å². The van der Waals surface area contributed by atoms with Gasteiger partial charge in [0.05, 0.1) is 31.1 Å². The number of anilines is 1. The van der Waals surface area contributed by atoms with E-state index in [1.807, 2.05) is 40.1 Å². The number of methoxy groups -OCH3 is 1. The lowest BCUT2D eigenvalue weighted by molar-refractivity contribution is -0.134. The fraction of sp³-hybridized carbons (Fsp3) is 0.286. The quantitative estimate of drug-likeness (QED) is 0.512. The average Bonchev–Trinajstić information content (AvgIpc) is 3.35. The number of nitrogens with zero attached hydrogens (tertiary/aromatic N) is 4. The summed E-state index contributed by atoms with van der Waals surface area (Å²) in [7, 11) is 1.60. The number of hydrogen-bond acceptors (Lipinski definition) is 5. The van der Waals surface area contributed by atoms with Crippen LogP contribution in [0.25, 0.3) is 0 Å². The highest BCUT2D eigenvalue weighted by atomic mass is 19.1. The number of halogens is 2. The Bertz CT molecular complexity index is 1270. The van der Waals surface area contributed by atoms with Crippen molar-refractivity contribution in [1.82, 2.24) is 9.91 Å². The van der Waals surface area contributed by atoms with Crippen molar-refractivity contribution < 1.29 is 18.3 Å². The van der Waals surface area contributed by atoms with Crippen LogP contribution in [0, 0.1) is 11.6 Å². The van der Waals surface area contributed by atoms with Crippen molar-refractivity contribution >= 4 is 17.3 Å². The molecule has 2 aliphatic heterocycles. The van der Waals surface area contributed by atoms with Gasteiger partial charge in [-0.05, 0) is 30.3 Å². The van der Waals surface area contributed by atoms with Gasteiger partial charge in [0.25, 0.3) is 5.91 Å². The molecule has 0 aliphatic carbocycles. The van der Waals surface area contributed by atoms with Crippen molar-refractivity contribution in [1.29, 1.82) is 0 Å². The second kappa shape index (κ2) is 10.5. The Morgan fingerprint density at radius 2 is 1.67 bits per heavy atom. The fourth-order valence-electron chi connectivity index (χ4n) is 4.82. The van der Waals surface area contributed by atoms with E-state index in [1.54, 1.807) is 37.4 Å². The molecular formula is C28H28F2N4O2. The van der Waals surface area contributed by atoms with Crippen LogP contribution in [0.3, 0.4) is 0 Å². The number of hydrogen-bond donors (Lipinski definition) is 0. The van der Waals surface area contributed by atoms with Gasteiger partial charge in [-0.1, -0.05) is 42.5 Å². The number of hydrazone groups is 1. The van der Waals surface area contributed by atoms with Crippen LogP contribution in [0.1, 0.15) is 23.6 Å². The molecule has 0 N–H and O–H groups in total. The first-order valence-electron chi connectivity index (χ1n) is 12.0. The Kier molecular flexibility index (Phi) is 6.95. The van der Waals surface area contributed by atoms with Gasteiger partial charge in [0.2, 0.25) is 0 Å². The number of piperazine rings is 1. The summed E-state index contributed by atoms with van der Waals surface area (Å²) in [5, 5.41) is 6.09. The van der Waals surface area contributed by atoms with Crippen molar-refractivity contribution in [3.8, 4) is 5.75 Å². The second-order valence-corrected chi connectivity index (χ2v) is 8.97. The zero-order chi connectivity index (χ0) is 25.1. The second-order valence-electron chi connectivity index (χ2n) is 8.97. The van der Waals surface area contributed by atoms with Crippen molar-refractivity contribution in [2.24, 2.45) is 5.10 Å². The maximum absolute atomic E-state index is 14.8. The molecule has 36 heavy (non-hydrogen) atoms. The molecule has 8 heteroatoms. The highest BCUT2D eigenvalue weighted by molar-refractivity contribution is 6.03. The number of carbonyl (C=O) groups is 1. The van der Waals surface area contributed by atoms with Crippen molar-refractivity contribution in [2.75, 3.05) is 44.7 Å². The molecular weight excluding hydrogens is 462 g/mol. The number of benzene rings is 3. The molecule has 5 rings (SSSR count). The van der Waals surface area contributed by atoms with Crippen molar-refractivity contribution in [3.63, 3.8) is 0 Å². The normalized spacial score (nSPS) is 18.3. The van der Waals surface area contributed by atoms with Crippen LogP contribution in [-0.2, 0) is 4.79 Å². The predicted molar refractivity (Wildman–Crippen MR) is 135 cm³/mol. The first-order chi connectivity index (χ1) is 17.5. The topological polar surface area (TPSA) is 48.4 Å². The Hall–Kier alpha value is -3.78. The Morgan fingerprint density at radius 3 is 2.39 bits per heavy atom. The summed E-state index contributed by atoms with van der Waals surface area (Å²) in [6.45, 7) is 2.62. The maximum atomic E-state index is 14.8. The van der Waals surface area contributed by atoms with E-state index in [1.165, 1.54) is 17.1 Å². The Labute approximate surface area is 209 Å². The summed E-state index contributed by atoms with van der Waals surface area (Å²) in [6.07, 6.45) is 0.404. The van der Waals surface area contributed by atoms with E-state index < -0.39 is 6.04 Å². The van der Waals surface area contributed by atoms with Gasteiger partial charge in [0.15, 0.2) is 0 Å². The van der Waals surface area contributed by atoms with Gasteiger partial charge in [-0.3, -0.25) is 9.69 Å². The molecule has 0 aromatic heterocycles. The summed E-state index contributed by atoms with van der Waals surface area (Å²) in [6, 6.07) is 20.2. The van der Waals surface area contributed by atoms with Crippen LogP contribution in [-0.4, -0.2) is 61.4 Å². The lowest BCUT2D eigenvalue weighted by Gasteiger charge is -2.36. The lowest BCUT2D eigenvalue weighted by atomic mass is 9.98. The first-order valence-corrected chi connectivity index (χ1v) is 12.0. The van der Waals surface area contributed by atoms with Gasteiger partial charge in [-0.2, -0.15) is 5.10 Å². The smallest absolute Gasteiger partial charge is 0.257 e. The largest absolute Gasteiger partial charge is 0.497 e. The molecule has 0 bridgehead atoms. The van der Waals surface area contributed by atoms with Gasteiger partial charge in [-0.25, -0.2) is 13.8 Å². The summed E-state index contributed by atoms with van der Waals surface area (Å²) in [5.41, 5.74) is 2.57. The Balaban J connectivity index is 1.33. The number of ether oxygens (including phenoxy) is 1. The summed E-state index contributed by atoms with van der Waals surface area (Å²) in [5.74, 6) is -0.109. The third kappa shape index (κ3) is 4.95. The van der Waals surface area contributed by atoms with E-state index in [0.717, 1.165) is 5.56 Å². The lowest BCUT2D eigenvalue weighted by Crippen LogP contribution is -2.49. The van der Waals surface area contributed by atoms with E-state index in [4.69, 9.17) is 4.74 Å². The molecule has 186 valence electrons. The summed E-state index contributed by atoms with van der Waals surface area (Å²) >= 11 is 0. The number of para-hydroxylation sites is 1. The van der Waals surface area contributed by atoms with Crippen LogP contribution in [0.2, 0.25) is 0 Å². The maximum Gasteiger partial charge on any atom is 0.257 e. The van der Waals surface area contributed by atoms with Crippen LogP contribution >= 0.6 is 0 Å². The molecule has 1 amide bonds. The minimum atomic E-state index is -0.528. The molecule has 1 fully saturated rings. The fourth-order valence-corrected chi connectivity index (χ4v) is 4.82. The van der Waals surface area contributed by atoms with Crippen LogP contribution in [0.4, 0.5) is 14.5 Å². The molecule has 6 nitrogen and oxygen atoms in total. The number of rotatable bonds is 6. The number of carbonyl (C=O) groups excluding carboxylic acids is 1. The van der Waals surface area contributed by atoms with Crippen molar-refractivity contribution in [3.05, 3.63) is 95.6 Å². The third-order valence-corrected chi connectivity index (χ3v) is 6.76. The molecule has 3 aromatic rings. The minimum Gasteiger partial charge on any atom is -0.497 e. The monoisotopic (exact) mass is 490 g/mol.